The largest absolute Gasteiger partial charge is 1.00 e. The molecule has 10 atom stereocenters. The van der Waals surface area contributed by atoms with Crippen LogP contribution in [-0.4, -0.2) is 136 Å². The second-order valence-electron chi connectivity index (χ2n) is 25.2. The van der Waals surface area contributed by atoms with Gasteiger partial charge in [0.2, 0.25) is 0 Å². The molecule has 0 saturated carbocycles. The van der Waals surface area contributed by atoms with E-state index in [1.807, 2.05) is 73.7 Å². The fraction of sp³-hybridized carbons (Fsp3) is 0.512. The molecular formula is C84H121Br2O17-. The smallest absolute Gasteiger partial charge is 0.338 e. The maximum Gasteiger partial charge on any atom is 0.338 e. The summed E-state index contributed by atoms with van der Waals surface area (Å²) in [6.45, 7) is 22.8. The van der Waals surface area contributed by atoms with Crippen molar-refractivity contribution >= 4 is 63.8 Å². The van der Waals surface area contributed by atoms with Crippen molar-refractivity contribution in [1.29, 1.82) is 0 Å². The number of ketones is 1. The second kappa shape index (κ2) is 58.6. The first-order valence-corrected chi connectivity index (χ1v) is 37.5. The molecule has 0 radical (unpaired) electrons. The molecule has 7 rings (SSSR count). The van der Waals surface area contributed by atoms with E-state index in [0.29, 0.717) is 28.2 Å². The maximum absolute atomic E-state index is 12.3. The van der Waals surface area contributed by atoms with Gasteiger partial charge < -0.3 is 76.0 Å². The van der Waals surface area contributed by atoms with Gasteiger partial charge in [-0.3, -0.25) is 4.79 Å². The Balaban J connectivity index is 0.00000125. The number of carbonyl (C=O) groups is 5. The minimum atomic E-state index is -1.65. The third kappa shape index (κ3) is 40.4. The lowest BCUT2D eigenvalue weighted by Crippen LogP contribution is -3.00. The molecule has 17 nitrogen and oxygen atoms in total. The molecular weight excluding hydrogens is 1440 g/mol. The van der Waals surface area contributed by atoms with Gasteiger partial charge in [-0.15, -0.1) is 0 Å². The van der Waals surface area contributed by atoms with Gasteiger partial charge in [0.25, 0.3) is 0 Å². The number of carboxylic acid groups (broad SMARTS) is 1. The Bertz CT molecular complexity index is 3040. The van der Waals surface area contributed by atoms with Crippen LogP contribution in [0, 0.1) is 17.8 Å². The molecule has 5 aromatic carbocycles. The summed E-state index contributed by atoms with van der Waals surface area (Å²) in [6.07, 6.45) is 24.4. The number of carboxylic acids is 1. The fourth-order valence-corrected chi connectivity index (χ4v) is 10.3. The number of allylic oxidation sites excluding steroid dienone is 3. The zero-order valence-electron chi connectivity index (χ0n) is 63.4. The summed E-state index contributed by atoms with van der Waals surface area (Å²) in [6, 6.07) is 35.9. The molecule has 2 aliphatic heterocycles. The van der Waals surface area contributed by atoms with Crippen LogP contribution in [0.25, 0.3) is 18.2 Å². The predicted octanol–water partition coefficient (Wildman–Crippen LogP) is 15.2. The second-order valence-corrected chi connectivity index (χ2v) is 25.9. The summed E-state index contributed by atoms with van der Waals surface area (Å²) in [4.78, 5) is 56.9. The number of rotatable bonds is 29. The summed E-state index contributed by atoms with van der Waals surface area (Å²) in [5.74, 6) is -0.715. The number of aryl methyl sites for hydroxylation is 1. The van der Waals surface area contributed by atoms with E-state index in [1.54, 1.807) is 74.7 Å². The topological polar surface area (TPSA) is 262 Å². The quantitative estimate of drug-likeness (QED) is 0.00854. The molecule has 0 spiro atoms. The number of halogens is 2. The van der Waals surface area contributed by atoms with Gasteiger partial charge in [-0.2, -0.15) is 0 Å². The maximum atomic E-state index is 12.3. The number of hydrogen-bond acceptors (Lipinski definition) is 16. The van der Waals surface area contributed by atoms with Crippen molar-refractivity contribution in [1.82, 2.24) is 0 Å². The molecule has 2 saturated heterocycles. The zero-order valence-corrected chi connectivity index (χ0v) is 66.5. The number of carbonyl (C=O) groups excluding carboxylic acids is 4. The molecule has 2 heterocycles. The number of methoxy groups -OCH3 is 2. The van der Waals surface area contributed by atoms with E-state index < -0.39 is 48.9 Å². The number of aromatic carboxylic acids is 1. The highest BCUT2D eigenvalue weighted by atomic mass is 79.9. The lowest BCUT2D eigenvalue weighted by atomic mass is 9.79. The van der Waals surface area contributed by atoms with Crippen molar-refractivity contribution in [2.45, 2.75) is 228 Å². The molecule has 2 fully saturated rings. The Kier molecular flexibility index (Phi) is 54.8. The van der Waals surface area contributed by atoms with Crippen LogP contribution in [0.4, 0.5) is 0 Å². The number of unbranched alkanes of at least 4 members (excludes halogenated alkanes) is 10. The number of hydrogen-bond donors (Lipinski definition) is 6. The number of esters is 3. The van der Waals surface area contributed by atoms with Gasteiger partial charge in [0.15, 0.2) is 18.4 Å². The first-order chi connectivity index (χ1) is 48.9. The average molecular weight is 1560 g/mol. The van der Waals surface area contributed by atoms with Gasteiger partial charge >= 0.3 is 23.9 Å². The lowest BCUT2D eigenvalue weighted by Gasteiger charge is -2.41. The molecule has 2 aliphatic rings. The van der Waals surface area contributed by atoms with Crippen molar-refractivity contribution in [3.05, 3.63) is 190 Å². The first kappa shape index (κ1) is 96.3. The Hall–Kier alpha value is -6.65. The minimum absolute atomic E-state index is 0. The highest BCUT2D eigenvalue weighted by molar-refractivity contribution is 9.09. The van der Waals surface area contributed by atoms with Crippen molar-refractivity contribution in [3.8, 4) is 5.75 Å². The number of aliphatic hydroxyl groups excluding tert-OH is 5. The molecule has 0 aromatic heterocycles. The van der Waals surface area contributed by atoms with Crippen molar-refractivity contribution < 1.29 is 100 Å². The highest BCUT2D eigenvalue weighted by Crippen LogP contribution is 2.34. The lowest BCUT2D eigenvalue weighted by molar-refractivity contribution is -0.286. The molecule has 103 heavy (non-hydrogen) atoms. The number of ether oxygens (including phenoxy) is 6. The van der Waals surface area contributed by atoms with Gasteiger partial charge in [-0.05, 0) is 140 Å². The first-order valence-electron chi connectivity index (χ1n) is 36.4. The molecule has 5 aromatic rings. The Morgan fingerprint density at radius 2 is 0.854 bits per heavy atom. The van der Waals surface area contributed by atoms with Gasteiger partial charge in [0.1, 0.15) is 43.4 Å². The zero-order chi connectivity index (χ0) is 76.2. The van der Waals surface area contributed by atoms with E-state index in [1.165, 1.54) is 77.7 Å². The average Bonchev–Trinajstić information content (AvgIpc) is 0.828. The number of alkyl halides is 1. The van der Waals surface area contributed by atoms with Gasteiger partial charge in [0.05, 0.1) is 42.6 Å². The van der Waals surface area contributed by atoms with E-state index in [-0.39, 0.29) is 65.9 Å². The van der Waals surface area contributed by atoms with Crippen LogP contribution >= 0.6 is 15.9 Å². The molecule has 6 N–H and O–H groups in total. The standard InChI is InChI=1S/C22H32O4.C19H28O7.C13H16O.C12H14O2.C9H10O3.C5H12.C4H9Br.BrH/c1-5-6-7-8-9-18-10-12-19(13-11-18)22(24)25-14-20-16(3)15(2)17(4)21(23)26-20;1-2-3-4-5-6-12-7-9-13(10-8-12)18(23)25-11-14-15(20)16(21)17(22)19(24)26-14;1-3-4-5-6-12-7-9-13(10-8-12)11(2)14;1-2-3-4-5-10-6-8-11(9-7-10)12(13)14;1-11-8-5-3-7(4-6-8)9(10)12-2;1-3-5-4-2;1-2-3-4-5;/h8-13,15-17,20-21,23H,5-7,14H2,1-4H3;7-10,14-17,19-22,24H,2-6,11H2,1H3;5-10H,3-4H2,1-2H3;4-9H,2-3H2,1H3,(H,13,14);3-6H,1-2H3;3-5H2,1-2H3;2-4H2,1H3;1H/p-1/t15-,16-,17?,20?,21-;14?,15-,16+,17?,19+;;;;;;/m01....../s1. The van der Waals surface area contributed by atoms with Crippen LogP contribution in [0.5, 0.6) is 5.75 Å². The normalized spacial score (nSPS) is 19.4. The number of benzene rings is 5. The molecule has 0 aliphatic carbocycles. The summed E-state index contributed by atoms with van der Waals surface area (Å²) in [5, 5.41) is 58.1. The van der Waals surface area contributed by atoms with Crippen LogP contribution in [0.1, 0.15) is 253 Å². The number of aliphatic hydroxyl groups is 5. The number of Topliss-reactive ketones (excluding diaryl/α,β-unsaturated/α-hetero) is 1. The van der Waals surface area contributed by atoms with Crippen molar-refractivity contribution in [2.24, 2.45) is 17.8 Å². The third-order valence-electron chi connectivity index (χ3n) is 16.9. The van der Waals surface area contributed by atoms with E-state index in [2.05, 4.69) is 113 Å². The van der Waals surface area contributed by atoms with Gasteiger partial charge in [0, 0.05) is 16.8 Å². The van der Waals surface area contributed by atoms with Crippen LogP contribution in [0.2, 0.25) is 0 Å². The van der Waals surface area contributed by atoms with E-state index in [9.17, 15) is 49.5 Å². The molecule has 4 unspecified atom stereocenters. The summed E-state index contributed by atoms with van der Waals surface area (Å²) < 4.78 is 30.6. The van der Waals surface area contributed by atoms with Crippen LogP contribution in [-0.2, 0) is 30.1 Å². The van der Waals surface area contributed by atoms with Gasteiger partial charge in [-0.1, -0.05) is 253 Å². The summed E-state index contributed by atoms with van der Waals surface area (Å²) in [7, 11) is 2.93. The molecule has 0 amide bonds. The Morgan fingerprint density at radius 3 is 1.26 bits per heavy atom. The fourth-order valence-electron chi connectivity index (χ4n) is 9.75. The van der Waals surface area contributed by atoms with Crippen LogP contribution < -0.4 is 21.7 Å². The van der Waals surface area contributed by atoms with E-state index in [0.717, 1.165) is 77.4 Å². The van der Waals surface area contributed by atoms with Crippen molar-refractivity contribution in [2.75, 3.05) is 32.8 Å². The minimum Gasteiger partial charge on any atom is -1.00 e. The van der Waals surface area contributed by atoms with Crippen LogP contribution in [0.3, 0.4) is 0 Å². The summed E-state index contributed by atoms with van der Waals surface area (Å²) >= 11 is 3.31. The third-order valence-corrected chi connectivity index (χ3v) is 17.4. The SMILES string of the molecule is CCCC=Cc1ccc(C(=O)O)cc1.CCCC=Cc1ccc(C(C)=O)cc1.CCCCBr.CCCCC.CCCCC=Cc1ccc(C(=O)OCC2O[C@H](O)C(C)[C@@H](C)[C@@H]2C)cc1.CCCCCCc1ccc(C(=O)OCC2O[C@H](O)C(O)[C@@H](O)[C@@H]2O)cc1.COC(=O)c1ccc(OC)cc1.[Br-]. The highest BCUT2D eigenvalue weighted by Gasteiger charge is 2.43. The van der Waals surface area contributed by atoms with E-state index >= 15 is 0 Å². The molecule has 0 bridgehead atoms. The summed E-state index contributed by atoms with van der Waals surface area (Å²) in [5.41, 5.74) is 6.96. The Morgan fingerprint density at radius 1 is 0.437 bits per heavy atom. The predicted molar refractivity (Wildman–Crippen MR) is 413 cm³/mol. The monoisotopic (exact) mass is 1560 g/mol. The van der Waals surface area contributed by atoms with Crippen LogP contribution in [0.15, 0.2) is 140 Å². The molecule has 19 heteroatoms. The van der Waals surface area contributed by atoms with Gasteiger partial charge in [-0.25, -0.2) is 19.2 Å². The van der Waals surface area contributed by atoms with E-state index in [4.69, 9.17) is 28.8 Å². The Labute approximate surface area is 634 Å². The van der Waals surface area contributed by atoms with Crippen molar-refractivity contribution in [3.63, 3.8) is 0 Å². The molecule has 574 valence electrons.